The Kier molecular flexibility index (Phi) is 22.9. The van der Waals surface area contributed by atoms with Crippen LogP contribution in [0.3, 0.4) is 0 Å². The van der Waals surface area contributed by atoms with Gasteiger partial charge >= 0.3 is 6.09 Å². The number of fused-ring (bicyclic) bond motifs is 2. The molecule has 2 saturated heterocycles. The van der Waals surface area contributed by atoms with E-state index in [0.717, 1.165) is 58.4 Å². The Bertz CT molecular complexity index is 3860. The highest BCUT2D eigenvalue weighted by atomic mass is 19.1. The predicted molar refractivity (Wildman–Crippen MR) is 366 cm³/mol. The van der Waals surface area contributed by atoms with E-state index in [9.17, 15) is 51.9 Å². The van der Waals surface area contributed by atoms with Gasteiger partial charge in [-0.15, -0.1) is 0 Å². The highest BCUT2D eigenvalue weighted by Gasteiger charge is 2.48. The molecule has 4 fully saturated rings. The van der Waals surface area contributed by atoms with Crippen LogP contribution in [0.4, 0.5) is 13.6 Å². The van der Waals surface area contributed by atoms with Crippen LogP contribution in [0.25, 0.3) is 21.5 Å². The van der Waals surface area contributed by atoms with Gasteiger partial charge < -0.3 is 56.7 Å². The van der Waals surface area contributed by atoms with Gasteiger partial charge in [0.15, 0.2) is 0 Å². The SMILES string of the molecule is CNC(=O)[C@H](Cc1ccc2ccccc2c1)N1CCN(C(=O)[C@@H](Cc2ccc(F)cc2)NC(=O)C(C)(C)N)[C@@H](CC2CC2)C1=O.CNC(=O)[C@H](Cc1ccc2ccccc2c1)N1CCN(C(=O)[C@@H](Cc2ccc(F)cc2)NC(=O)C(C)(C)NC(=O)OC(C)(C)C)[C@@H](CC2CC2)C1=O. The maximum Gasteiger partial charge on any atom is 0.408 e. The van der Waals surface area contributed by atoms with Crippen molar-refractivity contribution in [3.63, 3.8) is 0 Å². The molecule has 0 spiro atoms. The lowest BCUT2D eigenvalue weighted by Gasteiger charge is -2.44. The van der Waals surface area contributed by atoms with E-state index >= 15 is 0 Å². The molecule has 2 heterocycles. The van der Waals surface area contributed by atoms with Crippen LogP contribution in [-0.4, -0.2) is 166 Å². The summed E-state index contributed by atoms with van der Waals surface area (Å²) in [7, 11) is 3.10. The first-order chi connectivity index (χ1) is 46.0. The minimum Gasteiger partial charge on any atom is -0.444 e. The summed E-state index contributed by atoms with van der Waals surface area (Å²) in [5, 5.41) is 17.9. The van der Waals surface area contributed by atoms with Crippen LogP contribution in [0.1, 0.15) is 109 Å². The fraction of sp³-hybridized carbons (Fsp3) is 0.453. The van der Waals surface area contributed by atoms with Gasteiger partial charge in [0, 0.05) is 66.0 Å². The van der Waals surface area contributed by atoms with Crippen molar-refractivity contribution in [2.24, 2.45) is 17.6 Å². The summed E-state index contributed by atoms with van der Waals surface area (Å²) in [5.41, 5.74) is 5.61. The van der Waals surface area contributed by atoms with Gasteiger partial charge in [-0.3, -0.25) is 38.4 Å². The fourth-order valence-electron chi connectivity index (χ4n) is 12.6. The molecule has 20 nitrogen and oxygen atoms in total. The maximum absolute atomic E-state index is 14.6. The number of hydrogen-bond donors (Lipinski definition) is 6. The molecule has 2 aliphatic carbocycles. The number of likely N-dealkylation sites (N-methyl/N-ethyl adjacent to an activating group) is 2. The van der Waals surface area contributed by atoms with E-state index in [1.807, 2.05) is 84.9 Å². The van der Waals surface area contributed by atoms with Crippen molar-refractivity contribution >= 4 is 74.9 Å². The summed E-state index contributed by atoms with van der Waals surface area (Å²) < 4.78 is 32.8. The largest absolute Gasteiger partial charge is 0.444 e. The van der Waals surface area contributed by atoms with Crippen LogP contribution < -0.4 is 32.3 Å². The summed E-state index contributed by atoms with van der Waals surface area (Å²) in [6.07, 6.45) is 4.67. The Balaban J connectivity index is 0.000000230. The lowest BCUT2D eigenvalue weighted by Crippen LogP contribution is -2.66. The second-order valence-electron chi connectivity index (χ2n) is 28.2. The van der Waals surface area contributed by atoms with Gasteiger partial charge in [-0.25, -0.2) is 13.6 Å². The number of rotatable bonds is 23. The van der Waals surface area contributed by atoms with E-state index in [0.29, 0.717) is 42.7 Å². The van der Waals surface area contributed by atoms with Crippen LogP contribution in [0.2, 0.25) is 0 Å². The first kappa shape index (κ1) is 72.0. The first-order valence-corrected chi connectivity index (χ1v) is 33.5. The highest BCUT2D eigenvalue weighted by molar-refractivity contribution is 5.99. The Labute approximate surface area is 566 Å². The number of piperazine rings is 2. The van der Waals surface area contributed by atoms with Gasteiger partial charge in [-0.05, 0) is 141 Å². The number of benzene rings is 6. The Morgan fingerprint density at radius 1 is 0.505 bits per heavy atom. The number of ether oxygens (including phenoxy) is 1. The van der Waals surface area contributed by atoms with Crippen molar-refractivity contribution in [3.8, 4) is 0 Å². The van der Waals surface area contributed by atoms with E-state index in [-0.39, 0.29) is 68.6 Å². The van der Waals surface area contributed by atoms with Crippen molar-refractivity contribution in [1.29, 1.82) is 0 Å². The van der Waals surface area contributed by atoms with Crippen molar-refractivity contribution < 1.29 is 56.7 Å². The molecule has 97 heavy (non-hydrogen) atoms. The van der Waals surface area contributed by atoms with Crippen molar-refractivity contribution in [2.45, 2.75) is 166 Å². The number of alkyl carbamates (subject to hydrolysis) is 1. The molecule has 6 atom stereocenters. The molecule has 6 aromatic rings. The van der Waals surface area contributed by atoms with Crippen LogP contribution >= 0.6 is 0 Å². The van der Waals surface area contributed by atoms with Crippen LogP contribution in [-0.2, 0) is 68.8 Å². The number of halogens is 2. The van der Waals surface area contributed by atoms with Gasteiger partial charge in [-0.1, -0.05) is 135 Å². The lowest BCUT2D eigenvalue weighted by atomic mass is 9.95. The van der Waals surface area contributed by atoms with Crippen molar-refractivity contribution in [2.75, 3.05) is 40.3 Å². The zero-order valence-electron chi connectivity index (χ0n) is 56.9. The summed E-state index contributed by atoms with van der Waals surface area (Å²) in [5.74, 6) is -3.49. The first-order valence-electron chi connectivity index (χ1n) is 33.5. The molecule has 2 saturated carbocycles. The normalized spacial score (nSPS) is 18.0. The molecule has 0 unspecified atom stereocenters. The smallest absolute Gasteiger partial charge is 0.408 e. The number of carbonyl (C=O) groups is 9. The second kappa shape index (κ2) is 30.8. The van der Waals surface area contributed by atoms with E-state index in [2.05, 4.69) is 26.6 Å². The molecule has 10 rings (SSSR count). The zero-order valence-corrected chi connectivity index (χ0v) is 56.9. The van der Waals surface area contributed by atoms with Crippen molar-refractivity contribution in [3.05, 3.63) is 167 Å². The van der Waals surface area contributed by atoms with Gasteiger partial charge in [0.25, 0.3) is 0 Å². The molecular formula is C75H92F2N10O10. The average molecular weight is 1330 g/mol. The molecule has 7 N–H and O–H groups in total. The minimum atomic E-state index is -1.48. The maximum atomic E-state index is 14.6. The van der Waals surface area contributed by atoms with E-state index in [1.54, 1.807) is 75.5 Å². The molecule has 2 aliphatic heterocycles. The average Bonchev–Trinajstić information content (AvgIpc) is 1.66. The summed E-state index contributed by atoms with van der Waals surface area (Å²) >= 11 is 0. The van der Waals surface area contributed by atoms with Gasteiger partial charge in [0.2, 0.25) is 47.3 Å². The minimum absolute atomic E-state index is 0.0146. The molecule has 516 valence electrons. The molecular weight excluding hydrogens is 1240 g/mol. The van der Waals surface area contributed by atoms with E-state index in [4.69, 9.17) is 10.5 Å². The Morgan fingerprint density at radius 3 is 1.24 bits per heavy atom. The van der Waals surface area contributed by atoms with Gasteiger partial charge in [0.05, 0.1) is 5.54 Å². The Morgan fingerprint density at radius 2 is 0.876 bits per heavy atom. The van der Waals surface area contributed by atoms with Crippen molar-refractivity contribution in [1.82, 2.24) is 46.2 Å². The number of hydrogen-bond acceptors (Lipinski definition) is 11. The number of carbonyl (C=O) groups excluding carboxylic acids is 9. The fourth-order valence-corrected chi connectivity index (χ4v) is 12.6. The number of nitrogens with zero attached hydrogens (tertiary/aromatic N) is 4. The van der Waals surface area contributed by atoms with E-state index in [1.165, 1.54) is 55.1 Å². The number of amides is 9. The number of nitrogens with two attached hydrogens (primary N) is 1. The summed E-state index contributed by atoms with van der Waals surface area (Å²) in [6.45, 7) is 11.8. The third kappa shape index (κ3) is 19.0. The lowest BCUT2D eigenvalue weighted by molar-refractivity contribution is -0.157. The standard InChI is InChI=1S/C40H50FN5O6.C35H42FN5O4/c1-39(2,3)52-38(51)44-40(4,5)37(50)43-31(22-25-14-17-30(41)18-15-25)35(48)46-20-19-45(36(49)33(46)23-26-11-12-26)32(34(47)42-6)24-27-13-16-28-9-7-8-10-29(28)21-27;1-35(2,37)34(45)39-28(19-22-11-14-27(36)15-12-22)32(43)41-17-16-40(33(44)30(41)20-23-8-9-23)29(31(42)38-3)21-24-10-13-25-6-4-5-7-26(25)18-24/h7-10,13-18,21,26,31-33H,11-12,19-20,22-24H2,1-6H3,(H,42,47)(H,43,50)(H,44,51);4-7,10-15,18,23,28-30H,8-9,16-17,19-21,37H2,1-3H3,(H,38,42)(H,39,45)/t31-,32+,33+;28-,29+,30+/m11/s1. The van der Waals surface area contributed by atoms with Gasteiger partial charge in [-0.2, -0.15) is 0 Å². The monoisotopic (exact) mass is 1330 g/mol. The molecule has 0 radical (unpaired) electrons. The quantitative estimate of drug-likeness (QED) is 0.0367. The highest BCUT2D eigenvalue weighted by Crippen LogP contribution is 2.38. The third-order valence-corrected chi connectivity index (χ3v) is 18.3. The molecule has 6 aromatic carbocycles. The molecule has 4 aliphatic rings. The summed E-state index contributed by atoms with van der Waals surface area (Å²) in [4.78, 5) is 130. The molecule has 22 heteroatoms. The zero-order chi connectivity index (χ0) is 70.1. The molecule has 9 amide bonds. The van der Waals surface area contributed by atoms with Crippen LogP contribution in [0.15, 0.2) is 133 Å². The molecule has 0 aromatic heterocycles. The summed E-state index contributed by atoms with van der Waals surface area (Å²) in [6, 6.07) is 34.0. The predicted octanol–water partition coefficient (Wildman–Crippen LogP) is 7.45. The number of nitrogens with one attached hydrogen (secondary N) is 5. The van der Waals surface area contributed by atoms with Crippen LogP contribution in [0.5, 0.6) is 0 Å². The van der Waals surface area contributed by atoms with Gasteiger partial charge in [0.1, 0.15) is 59.0 Å². The van der Waals surface area contributed by atoms with Crippen LogP contribution in [0, 0.1) is 23.5 Å². The topological polar surface area (TPSA) is 262 Å². The Hall–Kier alpha value is -9.31. The molecule has 0 bridgehead atoms. The van der Waals surface area contributed by atoms with E-state index < -0.39 is 94.3 Å². The third-order valence-electron chi connectivity index (χ3n) is 18.3. The second-order valence-corrected chi connectivity index (χ2v) is 28.2.